The number of ether oxygens (including phenoxy) is 1. The maximum Gasteiger partial charge on any atom is 0.410 e. The Labute approximate surface area is 216 Å². The van der Waals surface area contributed by atoms with Crippen molar-refractivity contribution >= 4 is 29.5 Å². The fraction of sp³-hybridized carbons (Fsp3) is 0.423. The molecule has 0 aromatic carbocycles. The van der Waals surface area contributed by atoms with Gasteiger partial charge in [-0.2, -0.15) is 5.10 Å². The van der Waals surface area contributed by atoms with Gasteiger partial charge in [0.1, 0.15) is 17.2 Å². The van der Waals surface area contributed by atoms with Gasteiger partial charge in [-0.05, 0) is 52.0 Å². The molecule has 1 aliphatic heterocycles. The minimum absolute atomic E-state index is 0.166. The molecule has 0 radical (unpaired) electrons. The second-order valence-corrected chi connectivity index (χ2v) is 9.84. The molecule has 0 bridgehead atoms. The first kappa shape index (κ1) is 25.9. The summed E-state index contributed by atoms with van der Waals surface area (Å²) in [4.78, 5) is 38.3. The third kappa shape index (κ3) is 6.75. The van der Waals surface area contributed by atoms with Gasteiger partial charge in [-0.25, -0.2) is 14.8 Å². The summed E-state index contributed by atoms with van der Waals surface area (Å²) in [5.41, 5.74) is 1.45. The standard InChI is InChI=1S/C26H34N8O3/c1-6-27-24(35)19-15-20(18-7-9-28-22(16-18)30-21-8-10-32(5)31-21)29-23(17-19)33-11-13-34(14-12-33)25(36)37-26(2,3)4/h7-10,15-17H,6,11-14H2,1-5H3,(H,27,35)(H,28,30,31). The predicted molar refractivity (Wildman–Crippen MR) is 142 cm³/mol. The number of carbonyl (C=O) groups excluding carboxylic acids is 2. The van der Waals surface area contributed by atoms with E-state index < -0.39 is 5.60 Å². The summed E-state index contributed by atoms with van der Waals surface area (Å²) in [6.07, 6.45) is 3.22. The van der Waals surface area contributed by atoms with E-state index in [2.05, 4.69) is 25.6 Å². The van der Waals surface area contributed by atoms with Crippen LogP contribution in [0.3, 0.4) is 0 Å². The third-order valence-electron chi connectivity index (χ3n) is 5.69. The summed E-state index contributed by atoms with van der Waals surface area (Å²) in [6, 6.07) is 9.18. The molecular weight excluding hydrogens is 472 g/mol. The highest BCUT2D eigenvalue weighted by Gasteiger charge is 2.27. The lowest BCUT2D eigenvalue weighted by molar-refractivity contribution is 0.0240. The molecule has 4 rings (SSSR count). The average Bonchev–Trinajstić information content (AvgIpc) is 3.27. The molecule has 2 amide bonds. The number of pyridine rings is 2. The van der Waals surface area contributed by atoms with Crippen molar-refractivity contribution in [2.75, 3.05) is 42.9 Å². The zero-order valence-electron chi connectivity index (χ0n) is 22.0. The lowest BCUT2D eigenvalue weighted by atomic mass is 10.1. The van der Waals surface area contributed by atoms with Crippen LogP contribution >= 0.6 is 0 Å². The van der Waals surface area contributed by atoms with Crippen LogP contribution < -0.4 is 15.5 Å². The van der Waals surface area contributed by atoms with Gasteiger partial charge in [0.2, 0.25) is 0 Å². The van der Waals surface area contributed by atoms with Crippen LogP contribution in [0.1, 0.15) is 38.1 Å². The van der Waals surface area contributed by atoms with E-state index in [4.69, 9.17) is 9.72 Å². The van der Waals surface area contributed by atoms with Crippen LogP contribution in [-0.2, 0) is 11.8 Å². The molecule has 0 atom stereocenters. The van der Waals surface area contributed by atoms with E-state index in [1.165, 1.54) is 0 Å². The molecule has 11 heteroatoms. The number of carbonyl (C=O) groups is 2. The first-order valence-electron chi connectivity index (χ1n) is 12.4. The van der Waals surface area contributed by atoms with E-state index in [0.717, 1.165) is 5.56 Å². The molecule has 1 fully saturated rings. The monoisotopic (exact) mass is 506 g/mol. The number of anilines is 3. The van der Waals surface area contributed by atoms with E-state index in [9.17, 15) is 9.59 Å². The van der Waals surface area contributed by atoms with Crippen LogP contribution in [0.25, 0.3) is 11.3 Å². The van der Waals surface area contributed by atoms with Crippen molar-refractivity contribution in [3.8, 4) is 11.3 Å². The molecule has 0 unspecified atom stereocenters. The van der Waals surface area contributed by atoms with Crippen molar-refractivity contribution in [3.05, 3.63) is 48.3 Å². The highest BCUT2D eigenvalue weighted by Crippen LogP contribution is 2.26. The van der Waals surface area contributed by atoms with Crippen LogP contribution in [0.5, 0.6) is 0 Å². The minimum atomic E-state index is -0.541. The summed E-state index contributed by atoms with van der Waals surface area (Å²) in [5.74, 6) is 1.81. The highest BCUT2D eigenvalue weighted by molar-refractivity contribution is 5.96. The van der Waals surface area contributed by atoms with Crippen molar-refractivity contribution in [2.45, 2.75) is 33.3 Å². The predicted octanol–water partition coefficient (Wildman–Crippen LogP) is 3.43. The van der Waals surface area contributed by atoms with Crippen molar-refractivity contribution in [2.24, 2.45) is 7.05 Å². The number of nitrogens with zero attached hydrogens (tertiary/aromatic N) is 6. The van der Waals surface area contributed by atoms with Crippen LogP contribution in [0, 0.1) is 0 Å². The van der Waals surface area contributed by atoms with Gasteiger partial charge in [0.15, 0.2) is 5.82 Å². The number of piperazine rings is 1. The maximum absolute atomic E-state index is 12.8. The van der Waals surface area contributed by atoms with E-state index in [-0.39, 0.29) is 12.0 Å². The molecule has 4 heterocycles. The van der Waals surface area contributed by atoms with Gasteiger partial charge in [0, 0.05) is 69.4 Å². The summed E-state index contributed by atoms with van der Waals surface area (Å²) < 4.78 is 7.22. The molecule has 196 valence electrons. The van der Waals surface area contributed by atoms with E-state index in [0.29, 0.717) is 61.4 Å². The van der Waals surface area contributed by atoms with E-state index >= 15 is 0 Å². The smallest absolute Gasteiger partial charge is 0.410 e. The van der Waals surface area contributed by atoms with Crippen molar-refractivity contribution in [1.29, 1.82) is 0 Å². The first-order chi connectivity index (χ1) is 17.6. The fourth-order valence-electron chi connectivity index (χ4n) is 3.94. The van der Waals surface area contributed by atoms with E-state index in [1.54, 1.807) is 27.9 Å². The molecule has 2 N–H and O–H groups in total. The third-order valence-corrected chi connectivity index (χ3v) is 5.69. The highest BCUT2D eigenvalue weighted by atomic mass is 16.6. The second kappa shape index (κ2) is 10.9. The Balaban J connectivity index is 1.58. The van der Waals surface area contributed by atoms with Crippen molar-refractivity contribution < 1.29 is 14.3 Å². The lowest BCUT2D eigenvalue weighted by Crippen LogP contribution is -2.50. The second-order valence-electron chi connectivity index (χ2n) is 9.84. The molecule has 0 aliphatic carbocycles. The first-order valence-corrected chi connectivity index (χ1v) is 12.4. The van der Waals surface area contributed by atoms with Crippen LogP contribution in [0.4, 0.5) is 22.2 Å². The topological polar surface area (TPSA) is 118 Å². The Kier molecular flexibility index (Phi) is 7.61. The van der Waals surface area contributed by atoms with E-state index in [1.807, 2.05) is 59.1 Å². The van der Waals surface area contributed by atoms with Crippen LogP contribution in [0.15, 0.2) is 42.7 Å². The average molecular weight is 507 g/mol. The summed E-state index contributed by atoms with van der Waals surface area (Å²) >= 11 is 0. The quantitative estimate of drug-likeness (QED) is 0.522. The van der Waals surface area contributed by atoms with Gasteiger partial charge in [-0.3, -0.25) is 9.48 Å². The summed E-state index contributed by atoms with van der Waals surface area (Å²) in [5, 5.41) is 10.4. The molecule has 11 nitrogen and oxygen atoms in total. The Hall–Kier alpha value is -4.15. The Morgan fingerprint density at radius 2 is 1.81 bits per heavy atom. The number of nitrogens with one attached hydrogen (secondary N) is 2. The van der Waals surface area contributed by atoms with Crippen LogP contribution in [0.2, 0.25) is 0 Å². The number of aryl methyl sites for hydroxylation is 1. The largest absolute Gasteiger partial charge is 0.444 e. The van der Waals surface area contributed by atoms with Gasteiger partial charge >= 0.3 is 6.09 Å². The number of aromatic nitrogens is 4. The molecule has 3 aromatic rings. The van der Waals surface area contributed by atoms with Crippen molar-refractivity contribution in [3.63, 3.8) is 0 Å². The van der Waals surface area contributed by atoms with Crippen LogP contribution in [-0.4, -0.2) is 75.0 Å². The maximum atomic E-state index is 12.8. The molecule has 0 saturated carbocycles. The molecule has 37 heavy (non-hydrogen) atoms. The SMILES string of the molecule is CCNC(=O)c1cc(-c2ccnc(Nc3ccn(C)n3)c2)nc(N2CCN(C(=O)OC(C)(C)C)CC2)c1. The van der Waals surface area contributed by atoms with Gasteiger partial charge in [-0.1, -0.05) is 0 Å². The molecule has 3 aromatic heterocycles. The molecule has 1 saturated heterocycles. The van der Waals surface area contributed by atoms with Gasteiger partial charge in [0.05, 0.1) is 5.69 Å². The number of amides is 2. The number of hydrogen-bond donors (Lipinski definition) is 2. The zero-order chi connectivity index (χ0) is 26.6. The van der Waals surface area contributed by atoms with Gasteiger partial charge < -0.3 is 25.2 Å². The summed E-state index contributed by atoms with van der Waals surface area (Å²) in [7, 11) is 1.85. The summed E-state index contributed by atoms with van der Waals surface area (Å²) in [6.45, 7) is 10.1. The Bertz CT molecular complexity index is 1260. The Morgan fingerprint density at radius 1 is 1.05 bits per heavy atom. The normalized spacial score (nSPS) is 13.9. The Morgan fingerprint density at radius 3 is 2.46 bits per heavy atom. The van der Waals surface area contributed by atoms with Crippen molar-refractivity contribution in [1.82, 2.24) is 30.0 Å². The lowest BCUT2D eigenvalue weighted by Gasteiger charge is -2.36. The van der Waals surface area contributed by atoms with Gasteiger partial charge in [-0.15, -0.1) is 0 Å². The number of rotatable bonds is 6. The molecular formula is C26H34N8O3. The molecule has 0 spiro atoms. The fourth-order valence-corrected chi connectivity index (χ4v) is 3.94. The minimum Gasteiger partial charge on any atom is -0.444 e. The zero-order valence-corrected chi connectivity index (χ0v) is 22.0. The van der Waals surface area contributed by atoms with Gasteiger partial charge in [0.25, 0.3) is 5.91 Å². The molecule has 1 aliphatic rings. The number of hydrogen-bond acceptors (Lipinski definition) is 8.